The third-order valence-electron chi connectivity index (χ3n) is 8.26. The van der Waals surface area contributed by atoms with Crippen LogP contribution in [0.15, 0.2) is 18.2 Å². The second kappa shape index (κ2) is 33.5. The zero-order valence-electron chi connectivity index (χ0n) is 31.9. The van der Waals surface area contributed by atoms with E-state index >= 15 is 0 Å². The summed E-state index contributed by atoms with van der Waals surface area (Å²) in [7, 11) is 4.26. The molecule has 0 aliphatic heterocycles. The van der Waals surface area contributed by atoms with Crippen molar-refractivity contribution in [2.24, 2.45) is 0 Å². The molecule has 0 unspecified atom stereocenters. The van der Waals surface area contributed by atoms with E-state index in [2.05, 4.69) is 6.92 Å². The van der Waals surface area contributed by atoms with Crippen molar-refractivity contribution < 1.29 is 47.5 Å². The molecule has 0 aromatic heterocycles. The van der Waals surface area contributed by atoms with Gasteiger partial charge in [0.2, 0.25) is 0 Å². The quantitative estimate of drug-likeness (QED) is 0.0508. The predicted octanol–water partition coefficient (Wildman–Crippen LogP) is 7.55. The van der Waals surface area contributed by atoms with Crippen LogP contribution in [0.1, 0.15) is 110 Å². The molecular weight excluding hydrogens is 642 g/mol. The van der Waals surface area contributed by atoms with Crippen LogP contribution in [-0.4, -0.2) is 106 Å². The molecule has 0 bridgehead atoms. The molecule has 0 atom stereocenters. The number of methoxy groups -OCH3 is 3. The van der Waals surface area contributed by atoms with Gasteiger partial charge in [0.05, 0.1) is 67.1 Å². The van der Waals surface area contributed by atoms with Crippen LogP contribution in [0.2, 0.25) is 0 Å². The van der Waals surface area contributed by atoms with E-state index in [1.165, 1.54) is 104 Å². The highest BCUT2D eigenvalue weighted by atomic mass is 16.6. The van der Waals surface area contributed by atoms with Crippen LogP contribution in [0.3, 0.4) is 0 Å². The van der Waals surface area contributed by atoms with Gasteiger partial charge in [-0.25, -0.2) is 0 Å². The van der Waals surface area contributed by atoms with Crippen molar-refractivity contribution in [3.8, 4) is 11.5 Å². The Morgan fingerprint density at radius 1 is 0.480 bits per heavy atom. The van der Waals surface area contributed by atoms with Crippen LogP contribution in [0, 0.1) is 0 Å². The Morgan fingerprint density at radius 2 is 0.860 bits per heavy atom. The first-order valence-electron chi connectivity index (χ1n) is 19.0. The zero-order chi connectivity index (χ0) is 36.3. The van der Waals surface area contributed by atoms with E-state index in [4.69, 9.17) is 37.9 Å². The number of carbonyl (C=O) groups is 2. The number of unbranched alkanes of at least 4 members (excludes halogenated alkanes) is 15. The lowest BCUT2D eigenvalue weighted by molar-refractivity contribution is -0.140. The smallest absolute Gasteiger partial charge is 0.325 e. The summed E-state index contributed by atoms with van der Waals surface area (Å²) in [5.74, 6) is 0.179. The van der Waals surface area contributed by atoms with Gasteiger partial charge in [0.1, 0.15) is 31.2 Å². The van der Waals surface area contributed by atoms with E-state index in [0.717, 1.165) is 12.8 Å². The van der Waals surface area contributed by atoms with E-state index in [1.807, 2.05) is 6.07 Å². The molecule has 290 valence electrons. The average Bonchev–Trinajstić information content (AvgIpc) is 3.12. The third-order valence-corrected chi connectivity index (χ3v) is 8.26. The van der Waals surface area contributed by atoms with Gasteiger partial charge in [0.25, 0.3) is 0 Å². The van der Waals surface area contributed by atoms with Gasteiger partial charge in [-0.15, -0.1) is 0 Å². The first kappa shape index (κ1) is 45.4. The van der Waals surface area contributed by atoms with Crippen molar-refractivity contribution in [1.82, 2.24) is 0 Å². The number of benzene rings is 1. The Bertz CT molecular complexity index is 929. The number of esters is 2. The first-order valence-corrected chi connectivity index (χ1v) is 19.0. The molecule has 0 amide bonds. The molecule has 0 aliphatic rings. The lowest BCUT2D eigenvalue weighted by Gasteiger charge is -2.23. The van der Waals surface area contributed by atoms with Crippen LogP contribution in [0.4, 0.5) is 5.69 Å². The Kier molecular flexibility index (Phi) is 30.5. The summed E-state index contributed by atoms with van der Waals surface area (Å²) in [5, 5.41) is 0. The van der Waals surface area contributed by atoms with E-state index in [9.17, 15) is 9.59 Å². The minimum atomic E-state index is -0.479. The van der Waals surface area contributed by atoms with Crippen molar-refractivity contribution in [2.75, 3.05) is 98.8 Å². The standard InChI is InChI=1S/C39H69NO10/c1-5-6-7-8-9-10-11-12-13-14-15-16-17-18-19-20-21-49-36-30-35(40(33-38(41)44-3)34-39(42)45-4)31-37(32-36)50-29-28-48-27-26-47-25-24-46-23-22-43-2/h30-32H,5-29,33-34H2,1-4H3. The van der Waals surface area contributed by atoms with Crippen molar-refractivity contribution in [3.63, 3.8) is 0 Å². The molecule has 0 saturated heterocycles. The van der Waals surface area contributed by atoms with Crippen LogP contribution >= 0.6 is 0 Å². The number of nitrogens with zero attached hydrogens (tertiary/aromatic N) is 1. The lowest BCUT2D eigenvalue weighted by Crippen LogP contribution is -2.35. The van der Waals surface area contributed by atoms with E-state index in [-0.39, 0.29) is 13.1 Å². The van der Waals surface area contributed by atoms with Gasteiger partial charge in [-0.1, -0.05) is 103 Å². The Hall–Kier alpha value is -2.60. The fourth-order valence-electron chi connectivity index (χ4n) is 5.33. The topological polar surface area (TPSA) is 111 Å². The molecule has 0 aliphatic carbocycles. The van der Waals surface area contributed by atoms with Crippen LogP contribution in [-0.2, 0) is 38.0 Å². The van der Waals surface area contributed by atoms with E-state index in [0.29, 0.717) is 76.6 Å². The summed E-state index contributed by atoms with van der Waals surface area (Å²) in [4.78, 5) is 25.9. The molecule has 0 radical (unpaired) electrons. The van der Waals surface area contributed by atoms with Crippen LogP contribution < -0.4 is 14.4 Å². The molecule has 0 saturated carbocycles. The molecule has 1 aromatic rings. The fourth-order valence-corrected chi connectivity index (χ4v) is 5.33. The summed E-state index contributed by atoms with van der Waals surface area (Å²) >= 11 is 0. The second-order valence-corrected chi connectivity index (χ2v) is 12.5. The summed E-state index contributed by atoms with van der Waals surface area (Å²) in [5.41, 5.74) is 0.585. The van der Waals surface area contributed by atoms with Crippen molar-refractivity contribution >= 4 is 17.6 Å². The van der Waals surface area contributed by atoms with Gasteiger partial charge in [-0.05, 0) is 6.42 Å². The maximum atomic E-state index is 12.2. The lowest BCUT2D eigenvalue weighted by atomic mass is 10.0. The number of rotatable bonds is 36. The van der Waals surface area contributed by atoms with Gasteiger partial charge in [0, 0.05) is 31.0 Å². The van der Waals surface area contributed by atoms with Gasteiger partial charge in [-0.3, -0.25) is 9.59 Å². The normalized spacial score (nSPS) is 11.0. The molecule has 11 nitrogen and oxygen atoms in total. The molecule has 50 heavy (non-hydrogen) atoms. The number of hydrogen-bond donors (Lipinski definition) is 0. The van der Waals surface area contributed by atoms with Crippen molar-refractivity contribution in [3.05, 3.63) is 18.2 Å². The molecule has 11 heteroatoms. The molecule has 1 rings (SSSR count). The van der Waals surface area contributed by atoms with Gasteiger partial charge < -0.3 is 42.8 Å². The Labute approximate surface area is 302 Å². The second-order valence-electron chi connectivity index (χ2n) is 12.5. The van der Waals surface area contributed by atoms with Crippen LogP contribution in [0.5, 0.6) is 11.5 Å². The molecule has 0 heterocycles. The highest BCUT2D eigenvalue weighted by molar-refractivity contribution is 5.81. The number of ether oxygens (including phenoxy) is 8. The van der Waals surface area contributed by atoms with Gasteiger partial charge in [-0.2, -0.15) is 0 Å². The molecular formula is C39H69NO10. The van der Waals surface area contributed by atoms with Crippen LogP contribution in [0.25, 0.3) is 0 Å². The predicted molar refractivity (Wildman–Crippen MR) is 198 cm³/mol. The minimum Gasteiger partial charge on any atom is -0.493 e. The first-order chi connectivity index (χ1) is 24.5. The third kappa shape index (κ3) is 26.2. The molecule has 0 N–H and O–H groups in total. The van der Waals surface area contributed by atoms with E-state index in [1.54, 1.807) is 24.1 Å². The highest BCUT2D eigenvalue weighted by Gasteiger charge is 2.18. The highest BCUT2D eigenvalue weighted by Crippen LogP contribution is 2.29. The van der Waals surface area contributed by atoms with Gasteiger partial charge in [0.15, 0.2) is 0 Å². The monoisotopic (exact) mass is 711 g/mol. The molecule has 1 aromatic carbocycles. The van der Waals surface area contributed by atoms with Crippen molar-refractivity contribution in [2.45, 2.75) is 110 Å². The molecule has 0 spiro atoms. The number of hydrogen-bond acceptors (Lipinski definition) is 11. The Morgan fingerprint density at radius 3 is 1.28 bits per heavy atom. The number of anilines is 1. The maximum absolute atomic E-state index is 12.2. The summed E-state index contributed by atoms with van der Waals surface area (Å²) in [6.07, 6.45) is 21.0. The fraction of sp³-hybridized carbons (Fsp3) is 0.795. The maximum Gasteiger partial charge on any atom is 0.325 e. The zero-order valence-corrected chi connectivity index (χ0v) is 31.9. The van der Waals surface area contributed by atoms with Crippen molar-refractivity contribution in [1.29, 1.82) is 0 Å². The summed E-state index contributed by atoms with van der Waals surface area (Å²) < 4.78 is 43.3. The summed E-state index contributed by atoms with van der Waals surface area (Å²) in [6, 6.07) is 5.38. The Balaban J connectivity index is 2.46. The number of carbonyl (C=O) groups excluding carboxylic acids is 2. The van der Waals surface area contributed by atoms with Gasteiger partial charge >= 0.3 is 11.9 Å². The minimum absolute atomic E-state index is 0.131. The largest absolute Gasteiger partial charge is 0.493 e. The van der Waals surface area contributed by atoms with E-state index < -0.39 is 11.9 Å². The summed E-state index contributed by atoms with van der Waals surface area (Å²) in [6.45, 7) is 6.24. The SMILES string of the molecule is CCCCCCCCCCCCCCCCCCOc1cc(OCCOCCOCCOCCOC)cc(N(CC(=O)OC)CC(=O)OC)c1. The molecule has 0 fully saturated rings. The average molecular weight is 712 g/mol.